The first-order valence-corrected chi connectivity index (χ1v) is 10.9. The molecule has 32 heavy (non-hydrogen) atoms. The maximum Gasteiger partial charge on any atom is 0.429 e. The first-order valence-electron chi connectivity index (χ1n) is 10.9. The first-order chi connectivity index (χ1) is 15.0. The number of hydrogen-bond donors (Lipinski definition) is 0. The van der Waals surface area contributed by atoms with Crippen molar-refractivity contribution < 1.29 is 19.1 Å². The van der Waals surface area contributed by atoms with Crippen molar-refractivity contribution in [3.63, 3.8) is 0 Å². The van der Waals surface area contributed by atoms with Crippen LogP contribution in [0.15, 0.2) is 12.3 Å². The van der Waals surface area contributed by atoms with Gasteiger partial charge < -0.3 is 14.4 Å². The number of hydrazine groups is 1. The maximum absolute atomic E-state index is 13.1. The van der Waals surface area contributed by atoms with Gasteiger partial charge in [-0.15, -0.1) is 0 Å². The van der Waals surface area contributed by atoms with Crippen LogP contribution in [0.25, 0.3) is 0 Å². The fraction of sp³-hybridized carbons (Fsp3) is 0.682. The molecule has 1 aromatic heterocycles. The molecular weight excluding hydrogens is 412 g/mol. The third-order valence-corrected chi connectivity index (χ3v) is 4.13. The summed E-state index contributed by atoms with van der Waals surface area (Å²) < 4.78 is 10.6. The minimum atomic E-state index is -0.674. The average Bonchev–Trinajstić information content (AvgIpc) is 2.71. The van der Waals surface area contributed by atoms with E-state index in [2.05, 4.69) is 9.97 Å². The van der Waals surface area contributed by atoms with E-state index < -0.39 is 11.7 Å². The molecule has 0 saturated heterocycles. The molecular formula is C22H36N6O4. The molecule has 0 aromatic carbocycles. The fourth-order valence-corrected chi connectivity index (χ4v) is 2.77. The molecule has 0 unspecified atom stereocenters. The lowest BCUT2D eigenvalue weighted by atomic mass is 10.2. The molecule has 1 heterocycles. The molecule has 0 atom stereocenters. The second-order valence-electron chi connectivity index (χ2n) is 8.76. The standard InChI is InChI=1S/C22H36N6O4/c1-8-31-20(29)26(7)13-9-10-14-27(21(30)32-22(4,5)6)28(16-17(2)3)19-11-12-24-18(15-23)25-19/h11-12,17H,8-10,13-14,16H2,1-7H3. The molecule has 0 aliphatic heterocycles. The summed E-state index contributed by atoms with van der Waals surface area (Å²) in [6, 6.07) is 3.60. The number of aromatic nitrogens is 2. The first kappa shape index (κ1) is 26.9. The third-order valence-electron chi connectivity index (χ3n) is 4.13. The molecule has 1 rings (SSSR count). The summed E-state index contributed by atoms with van der Waals surface area (Å²) in [6.45, 7) is 12.9. The molecule has 178 valence electrons. The van der Waals surface area contributed by atoms with Gasteiger partial charge in [-0.25, -0.2) is 19.6 Å². The minimum Gasteiger partial charge on any atom is -0.450 e. The highest BCUT2D eigenvalue weighted by Crippen LogP contribution is 2.20. The van der Waals surface area contributed by atoms with Gasteiger partial charge in [0.25, 0.3) is 0 Å². The van der Waals surface area contributed by atoms with E-state index in [9.17, 15) is 14.9 Å². The van der Waals surface area contributed by atoms with Gasteiger partial charge in [-0.3, -0.25) is 5.01 Å². The summed E-state index contributed by atoms with van der Waals surface area (Å²) in [5.74, 6) is 0.673. The highest BCUT2D eigenvalue weighted by Gasteiger charge is 2.28. The van der Waals surface area contributed by atoms with Crippen molar-refractivity contribution in [1.82, 2.24) is 19.9 Å². The number of anilines is 1. The van der Waals surface area contributed by atoms with Crippen LogP contribution in [0.1, 0.15) is 60.2 Å². The summed E-state index contributed by atoms with van der Waals surface area (Å²) in [5, 5.41) is 12.4. The zero-order chi connectivity index (χ0) is 24.3. The number of carbonyl (C=O) groups is 2. The van der Waals surface area contributed by atoms with Gasteiger partial charge in [0.1, 0.15) is 11.7 Å². The Kier molecular flexibility index (Phi) is 10.7. The van der Waals surface area contributed by atoms with Crippen LogP contribution in [-0.2, 0) is 9.47 Å². The summed E-state index contributed by atoms with van der Waals surface area (Å²) in [5.41, 5.74) is -0.674. The summed E-state index contributed by atoms with van der Waals surface area (Å²) in [6.07, 6.45) is 1.90. The normalized spacial score (nSPS) is 11.0. The zero-order valence-electron chi connectivity index (χ0n) is 20.3. The van der Waals surface area contributed by atoms with Crippen LogP contribution in [0.5, 0.6) is 0 Å². The molecule has 0 radical (unpaired) electrons. The summed E-state index contributed by atoms with van der Waals surface area (Å²) in [7, 11) is 1.68. The number of nitrogens with zero attached hydrogens (tertiary/aromatic N) is 6. The lowest BCUT2D eigenvalue weighted by Gasteiger charge is -2.37. The van der Waals surface area contributed by atoms with E-state index in [1.807, 2.05) is 40.7 Å². The second-order valence-corrected chi connectivity index (χ2v) is 8.76. The van der Waals surface area contributed by atoms with Crippen LogP contribution in [0, 0.1) is 17.2 Å². The van der Waals surface area contributed by atoms with Gasteiger partial charge in [0.15, 0.2) is 5.82 Å². The smallest absolute Gasteiger partial charge is 0.429 e. The molecule has 0 fully saturated rings. The van der Waals surface area contributed by atoms with Crippen LogP contribution < -0.4 is 5.01 Å². The van der Waals surface area contributed by atoms with Gasteiger partial charge in [0.2, 0.25) is 5.82 Å². The number of nitriles is 1. The quantitative estimate of drug-likeness (QED) is 0.392. The van der Waals surface area contributed by atoms with Crippen LogP contribution in [-0.4, -0.2) is 71.0 Å². The van der Waals surface area contributed by atoms with Crippen molar-refractivity contribution in [2.75, 3.05) is 38.3 Å². The molecule has 10 heteroatoms. The topological polar surface area (TPSA) is 112 Å². The largest absolute Gasteiger partial charge is 0.450 e. The van der Waals surface area contributed by atoms with E-state index in [1.54, 1.807) is 25.0 Å². The number of carbonyl (C=O) groups excluding carboxylic acids is 2. The van der Waals surface area contributed by atoms with Gasteiger partial charge in [0, 0.05) is 38.9 Å². The van der Waals surface area contributed by atoms with Crippen molar-refractivity contribution >= 4 is 18.0 Å². The Balaban J connectivity index is 3.06. The van der Waals surface area contributed by atoms with E-state index >= 15 is 0 Å². The predicted octanol–water partition coefficient (Wildman–Crippen LogP) is 3.83. The van der Waals surface area contributed by atoms with E-state index in [4.69, 9.17) is 9.47 Å². The van der Waals surface area contributed by atoms with Crippen LogP contribution in [0.4, 0.5) is 15.4 Å². The van der Waals surface area contributed by atoms with Gasteiger partial charge >= 0.3 is 12.2 Å². The number of rotatable bonds is 10. The minimum absolute atomic E-state index is 0.0245. The van der Waals surface area contributed by atoms with Crippen LogP contribution >= 0.6 is 0 Å². The van der Waals surface area contributed by atoms with E-state index in [0.717, 1.165) is 0 Å². The lowest BCUT2D eigenvalue weighted by molar-refractivity contribution is 0.0212. The fourth-order valence-electron chi connectivity index (χ4n) is 2.77. The molecule has 0 aliphatic rings. The molecule has 0 aliphatic carbocycles. The Hall–Kier alpha value is -3.09. The average molecular weight is 449 g/mol. The van der Waals surface area contributed by atoms with Crippen LogP contribution in [0.3, 0.4) is 0 Å². The van der Waals surface area contributed by atoms with Gasteiger partial charge in [-0.05, 0) is 46.5 Å². The molecule has 0 spiro atoms. The van der Waals surface area contributed by atoms with E-state index in [-0.39, 0.29) is 17.8 Å². The van der Waals surface area contributed by atoms with E-state index in [1.165, 1.54) is 16.1 Å². The van der Waals surface area contributed by atoms with Crippen LogP contribution in [0.2, 0.25) is 0 Å². The van der Waals surface area contributed by atoms with Crippen molar-refractivity contribution in [1.29, 1.82) is 5.26 Å². The predicted molar refractivity (Wildman–Crippen MR) is 121 cm³/mol. The number of amides is 2. The number of unbranched alkanes of at least 4 members (excludes halogenated alkanes) is 1. The highest BCUT2D eigenvalue weighted by molar-refractivity contribution is 5.70. The maximum atomic E-state index is 13.1. The lowest BCUT2D eigenvalue weighted by Crippen LogP contribution is -2.51. The molecule has 10 nitrogen and oxygen atoms in total. The Bertz CT molecular complexity index is 787. The van der Waals surface area contributed by atoms with Crippen molar-refractivity contribution in [2.45, 2.75) is 60.0 Å². The second kappa shape index (κ2) is 12.7. The Morgan fingerprint density at radius 2 is 1.84 bits per heavy atom. The zero-order valence-corrected chi connectivity index (χ0v) is 20.3. The number of hydrogen-bond acceptors (Lipinski definition) is 8. The van der Waals surface area contributed by atoms with Crippen molar-refractivity contribution in [3.8, 4) is 6.07 Å². The van der Waals surface area contributed by atoms with Crippen molar-refractivity contribution in [3.05, 3.63) is 18.1 Å². The molecule has 0 N–H and O–H groups in total. The van der Waals surface area contributed by atoms with E-state index in [0.29, 0.717) is 44.9 Å². The summed E-state index contributed by atoms with van der Waals surface area (Å²) in [4.78, 5) is 34.6. The highest BCUT2D eigenvalue weighted by atomic mass is 16.6. The Morgan fingerprint density at radius 3 is 2.41 bits per heavy atom. The monoisotopic (exact) mass is 448 g/mol. The summed E-state index contributed by atoms with van der Waals surface area (Å²) >= 11 is 0. The molecule has 0 saturated carbocycles. The molecule has 0 bridgehead atoms. The Labute approximate surface area is 191 Å². The van der Waals surface area contributed by atoms with Gasteiger partial charge in [0.05, 0.1) is 6.61 Å². The van der Waals surface area contributed by atoms with Gasteiger partial charge in [-0.1, -0.05) is 13.8 Å². The molecule has 2 amide bonds. The SMILES string of the molecule is CCOC(=O)N(C)CCCCN(C(=O)OC(C)(C)C)N(CC(C)C)c1ccnc(C#N)n1. The Morgan fingerprint density at radius 1 is 1.19 bits per heavy atom. The third kappa shape index (κ3) is 9.37. The van der Waals surface area contributed by atoms with Crippen molar-refractivity contribution in [2.24, 2.45) is 5.92 Å². The van der Waals surface area contributed by atoms with Gasteiger partial charge in [-0.2, -0.15) is 10.2 Å². The molecule has 1 aromatic rings. The number of ether oxygens (including phenoxy) is 2.